The molecule has 0 rings (SSSR count). The average Bonchev–Trinajstić information content (AvgIpc) is 2.38. The Morgan fingerprint density at radius 1 is 1.05 bits per heavy atom. The van der Waals surface area contributed by atoms with Gasteiger partial charge in [-0.1, -0.05) is 0 Å². The summed E-state index contributed by atoms with van der Waals surface area (Å²) in [4.78, 5) is 33.1. The van der Waals surface area contributed by atoms with Crippen molar-refractivity contribution in [2.45, 2.75) is 44.1 Å². The van der Waals surface area contributed by atoms with E-state index >= 15 is 0 Å². The van der Waals surface area contributed by atoms with Crippen LogP contribution in [-0.4, -0.2) is 53.0 Å². The Kier molecular flexibility index (Phi) is 9.21. The topological polar surface area (TPSA) is 194 Å². The Bertz CT molecular complexity index is 363. The first-order valence-electron chi connectivity index (χ1n) is 6.49. The highest BCUT2D eigenvalue weighted by Crippen LogP contribution is 2.00. The maximum Gasteiger partial charge on any atom is 0.326 e. The molecule has 0 spiro atoms. The van der Waals surface area contributed by atoms with Gasteiger partial charge in [-0.15, -0.1) is 0 Å². The molecule has 122 valence electrons. The number of aliphatic carboxylic acids is 2. The van der Waals surface area contributed by atoms with Crippen molar-refractivity contribution in [1.82, 2.24) is 10.6 Å². The van der Waals surface area contributed by atoms with Crippen molar-refractivity contribution in [1.29, 1.82) is 0 Å². The fourth-order valence-electron chi connectivity index (χ4n) is 1.53. The third-order valence-electron chi connectivity index (χ3n) is 2.67. The molecule has 0 radical (unpaired) electrons. The molecule has 0 aliphatic rings. The van der Waals surface area contributed by atoms with Crippen LogP contribution in [0.5, 0.6) is 0 Å². The summed E-state index contributed by atoms with van der Waals surface area (Å²) in [7, 11) is 0. The van der Waals surface area contributed by atoms with Gasteiger partial charge in [0.05, 0.1) is 6.04 Å². The van der Waals surface area contributed by atoms with Crippen LogP contribution in [0, 0.1) is 0 Å². The molecule has 0 bridgehead atoms. The summed E-state index contributed by atoms with van der Waals surface area (Å²) in [5, 5.41) is 22.4. The lowest BCUT2D eigenvalue weighted by molar-refractivity contribution is -0.143. The summed E-state index contributed by atoms with van der Waals surface area (Å²) < 4.78 is 0. The van der Waals surface area contributed by atoms with Gasteiger partial charge in [0.25, 0.3) is 0 Å². The van der Waals surface area contributed by atoms with Gasteiger partial charge in [-0.3, -0.25) is 14.9 Å². The Balaban J connectivity index is 4.15. The minimum atomic E-state index is -1.30. The number of carbonyl (C=O) groups excluding carboxylic acids is 1. The highest BCUT2D eigenvalue weighted by Gasteiger charge is 2.23. The molecule has 10 N–H and O–H groups in total. The second-order valence-electron chi connectivity index (χ2n) is 4.56. The van der Waals surface area contributed by atoms with E-state index in [1.54, 1.807) is 0 Å². The lowest BCUT2D eigenvalue weighted by Gasteiger charge is -2.17. The normalized spacial score (nSPS) is 13.7. The zero-order valence-electron chi connectivity index (χ0n) is 11.6. The summed E-state index contributed by atoms with van der Waals surface area (Å²) in [5.41, 5.74) is 16.2. The summed E-state index contributed by atoms with van der Waals surface area (Å²) in [6, 6.07) is -2.15. The van der Waals surface area contributed by atoms with Crippen molar-refractivity contribution in [2.24, 2.45) is 17.2 Å². The fourth-order valence-corrected chi connectivity index (χ4v) is 1.53. The van der Waals surface area contributed by atoms with Crippen LogP contribution in [0.3, 0.4) is 0 Å². The molecular weight excluding hydrogens is 282 g/mol. The van der Waals surface area contributed by atoms with Crippen LogP contribution in [0.1, 0.15) is 25.7 Å². The third-order valence-corrected chi connectivity index (χ3v) is 2.67. The zero-order valence-corrected chi connectivity index (χ0v) is 11.6. The summed E-state index contributed by atoms with van der Waals surface area (Å²) >= 11 is 0. The summed E-state index contributed by atoms with van der Waals surface area (Å²) in [6.45, 7) is 0.472. The smallest absolute Gasteiger partial charge is 0.326 e. The van der Waals surface area contributed by atoms with Gasteiger partial charge < -0.3 is 32.7 Å². The molecule has 10 nitrogen and oxygen atoms in total. The molecule has 0 saturated heterocycles. The van der Waals surface area contributed by atoms with E-state index in [2.05, 4.69) is 10.6 Å². The van der Waals surface area contributed by atoms with Crippen molar-refractivity contribution < 1.29 is 24.6 Å². The second kappa shape index (κ2) is 10.0. The van der Waals surface area contributed by atoms with E-state index in [0.717, 1.165) is 0 Å². The van der Waals surface area contributed by atoms with E-state index in [0.29, 0.717) is 19.4 Å². The van der Waals surface area contributed by atoms with Gasteiger partial charge in [-0.05, 0) is 25.8 Å². The summed E-state index contributed by atoms with van der Waals surface area (Å²) in [6.07, 6.45) is -0.358. The van der Waals surface area contributed by atoms with Gasteiger partial charge in [0.1, 0.15) is 12.3 Å². The van der Waals surface area contributed by atoms with E-state index < -0.39 is 36.2 Å². The van der Waals surface area contributed by atoms with Crippen molar-refractivity contribution in [2.75, 3.05) is 6.54 Å². The van der Waals surface area contributed by atoms with Crippen LogP contribution in [-0.2, 0) is 14.4 Å². The van der Waals surface area contributed by atoms with Crippen molar-refractivity contribution >= 4 is 17.8 Å². The number of rotatable bonds is 11. The first kappa shape index (κ1) is 19.2. The zero-order chi connectivity index (χ0) is 16.4. The van der Waals surface area contributed by atoms with Crippen molar-refractivity contribution in [3.05, 3.63) is 0 Å². The Morgan fingerprint density at radius 2 is 1.67 bits per heavy atom. The number of carboxylic acids is 2. The number of nitrogens with two attached hydrogens (primary N) is 3. The van der Waals surface area contributed by atoms with Crippen molar-refractivity contribution in [3.63, 3.8) is 0 Å². The van der Waals surface area contributed by atoms with Crippen LogP contribution in [0.25, 0.3) is 0 Å². The average molecular weight is 305 g/mol. The highest BCUT2D eigenvalue weighted by molar-refractivity contribution is 5.87. The van der Waals surface area contributed by atoms with Gasteiger partial charge in [-0.25, -0.2) is 4.79 Å². The van der Waals surface area contributed by atoms with Crippen LogP contribution < -0.4 is 27.8 Å². The molecular formula is C11H23N5O5. The highest BCUT2D eigenvalue weighted by atomic mass is 16.4. The molecule has 1 amide bonds. The number of carbonyl (C=O) groups is 3. The standard InChI is InChI=1S/C11H23N5O5/c12-6(2-1-5-15-11(13)14)9(19)16-7(10(20)21)3-4-8(17)18/h6-7,11,15H,1-5,12-14H2,(H,16,19)(H,17,18)(H,20,21)/t6-,7?/m0/s1. The van der Waals surface area contributed by atoms with Crippen LogP contribution >= 0.6 is 0 Å². The molecule has 0 aliphatic carbocycles. The molecule has 0 aromatic heterocycles. The Hall–Kier alpha value is -1.75. The lowest BCUT2D eigenvalue weighted by atomic mass is 10.1. The third kappa shape index (κ3) is 9.73. The lowest BCUT2D eigenvalue weighted by Crippen LogP contribution is -2.49. The van der Waals surface area contributed by atoms with E-state index in [-0.39, 0.29) is 12.8 Å². The minimum absolute atomic E-state index is 0.202. The molecule has 10 heteroatoms. The van der Waals surface area contributed by atoms with Crippen LogP contribution in [0.15, 0.2) is 0 Å². The minimum Gasteiger partial charge on any atom is -0.481 e. The number of nitrogens with one attached hydrogen (secondary N) is 2. The predicted molar refractivity (Wildman–Crippen MR) is 73.8 cm³/mol. The fraction of sp³-hybridized carbons (Fsp3) is 0.727. The molecule has 0 aromatic rings. The number of hydrogen-bond donors (Lipinski definition) is 7. The quantitative estimate of drug-likeness (QED) is 0.157. The van der Waals surface area contributed by atoms with E-state index in [4.69, 9.17) is 27.4 Å². The maximum absolute atomic E-state index is 11.7. The number of hydrogen-bond acceptors (Lipinski definition) is 7. The largest absolute Gasteiger partial charge is 0.481 e. The first-order chi connectivity index (χ1) is 9.73. The molecule has 0 fully saturated rings. The van der Waals surface area contributed by atoms with E-state index in [9.17, 15) is 14.4 Å². The first-order valence-corrected chi connectivity index (χ1v) is 6.49. The van der Waals surface area contributed by atoms with Gasteiger partial charge in [0.15, 0.2) is 0 Å². The van der Waals surface area contributed by atoms with Crippen LogP contribution in [0.4, 0.5) is 0 Å². The second-order valence-corrected chi connectivity index (χ2v) is 4.56. The molecule has 0 aliphatic heterocycles. The Morgan fingerprint density at radius 3 is 2.14 bits per heavy atom. The van der Waals surface area contributed by atoms with E-state index in [1.807, 2.05) is 0 Å². The predicted octanol–water partition coefficient (Wildman–Crippen LogP) is -2.68. The molecule has 0 aromatic carbocycles. The van der Waals surface area contributed by atoms with Gasteiger partial charge >= 0.3 is 11.9 Å². The van der Waals surface area contributed by atoms with Gasteiger partial charge in [0.2, 0.25) is 5.91 Å². The van der Waals surface area contributed by atoms with E-state index in [1.165, 1.54) is 0 Å². The molecule has 0 heterocycles. The van der Waals surface area contributed by atoms with Gasteiger partial charge in [-0.2, -0.15) is 0 Å². The maximum atomic E-state index is 11.7. The SMILES string of the molecule is NC(N)NCCC[C@H](N)C(=O)NC(CCC(=O)O)C(=O)O. The number of amides is 1. The molecule has 21 heavy (non-hydrogen) atoms. The number of carboxylic acid groups (broad SMARTS) is 2. The molecule has 0 saturated carbocycles. The Labute approximate surface area is 122 Å². The molecule has 1 unspecified atom stereocenters. The molecule has 2 atom stereocenters. The monoisotopic (exact) mass is 305 g/mol. The van der Waals surface area contributed by atoms with Crippen molar-refractivity contribution in [3.8, 4) is 0 Å². The van der Waals surface area contributed by atoms with Crippen LogP contribution in [0.2, 0.25) is 0 Å². The summed E-state index contributed by atoms with van der Waals surface area (Å²) in [5.74, 6) is -3.07. The van der Waals surface area contributed by atoms with Gasteiger partial charge in [0, 0.05) is 6.42 Å².